The van der Waals surface area contributed by atoms with Crippen molar-refractivity contribution in [2.45, 2.75) is 24.2 Å². The van der Waals surface area contributed by atoms with Crippen LogP contribution in [0.3, 0.4) is 0 Å². The molecule has 0 spiro atoms. The lowest BCUT2D eigenvalue weighted by molar-refractivity contribution is -0.385. The number of rotatable bonds is 7. The average molecular weight is 451 g/mol. The molecule has 2 aromatic rings. The highest BCUT2D eigenvalue weighted by molar-refractivity contribution is 7.89. The first-order valence-corrected chi connectivity index (χ1v) is 12.6. The van der Waals surface area contributed by atoms with Crippen LogP contribution in [0.4, 0.5) is 11.4 Å². The second kappa shape index (κ2) is 9.01. The van der Waals surface area contributed by atoms with E-state index in [1.54, 1.807) is 17.4 Å². The number of non-ortho nitro benzene ring substituents is 1. The zero-order valence-corrected chi connectivity index (χ0v) is 18.4. The molecule has 1 aromatic carbocycles. The van der Waals surface area contributed by atoms with Crippen LogP contribution >= 0.6 is 11.3 Å². The summed E-state index contributed by atoms with van der Waals surface area (Å²) < 4.78 is 27.9. The topological polar surface area (TPSA) is 87.0 Å². The fraction of sp³-hybridized carbons (Fsp3) is 0.500. The van der Waals surface area contributed by atoms with Crippen molar-refractivity contribution in [3.63, 3.8) is 0 Å². The normalized spacial score (nSPS) is 18.7. The predicted octanol–water partition coefficient (Wildman–Crippen LogP) is 2.81. The molecule has 2 saturated heterocycles. The van der Waals surface area contributed by atoms with Crippen molar-refractivity contribution in [2.75, 3.05) is 50.7 Å². The van der Waals surface area contributed by atoms with Crippen molar-refractivity contribution in [2.24, 2.45) is 0 Å². The third kappa shape index (κ3) is 4.51. The van der Waals surface area contributed by atoms with Gasteiger partial charge in [0.1, 0.15) is 4.90 Å². The van der Waals surface area contributed by atoms with Crippen LogP contribution in [-0.2, 0) is 16.4 Å². The van der Waals surface area contributed by atoms with Crippen molar-refractivity contribution in [1.82, 2.24) is 9.21 Å². The van der Waals surface area contributed by atoms with E-state index >= 15 is 0 Å². The largest absolute Gasteiger partial charge is 0.368 e. The Labute approximate surface area is 180 Å². The summed E-state index contributed by atoms with van der Waals surface area (Å²) >= 11 is 1.77. The Hall–Kier alpha value is -2.01. The summed E-state index contributed by atoms with van der Waals surface area (Å²) in [6.45, 7) is 5.00. The van der Waals surface area contributed by atoms with E-state index in [1.807, 2.05) is 4.90 Å². The highest BCUT2D eigenvalue weighted by Crippen LogP contribution is 2.33. The van der Waals surface area contributed by atoms with Crippen molar-refractivity contribution in [3.8, 4) is 0 Å². The average Bonchev–Trinajstić information content (AvgIpc) is 3.46. The molecule has 30 heavy (non-hydrogen) atoms. The number of hydrogen-bond acceptors (Lipinski definition) is 7. The van der Waals surface area contributed by atoms with Gasteiger partial charge in [0, 0.05) is 62.8 Å². The van der Waals surface area contributed by atoms with Crippen LogP contribution in [0.15, 0.2) is 40.6 Å². The molecule has 0 unspecified atom stereocenters. The van der Waals surface area contributed by atoms with Gasteiger partial charge in [-0.25, -0.2) is 8.42 Å². The Morgan fingerprint density at radius 3 is 2.40 bits per heavy atom. The summed E-state index contributed by atoms with van der Waals surface area (Å²) in [7, 11) is -3.75. The molecule has 0 N–H and O–H groups in total. The van der Waals surface area contributed by atoms with E-state index in [9.17, 15) is 18.5 Å². The van der Waals surface area contributed by atoms with Crippen LogP contribution < -0.4 is 4.90 Å². The quantitative estimate of drug-likeness (QED) is 0.476. The number of piperazine rings is 1. The van der Waals surface area contributed by atoms with E-state index in [0.29, 0.717) is 31.9 Å². The first kappa shape index (κ1) is 21.2. The molecule has 2 aliphatic heterocycles. The van der Waals surface area contributed by atoms with Crippen molar-refractivity contribution < 1.29 is 13.3 Å². The Balaban J connectivity index is 1.51. The summed E-state index contributed by atoms with van der Waals surface area (Å²) in [5, 5.41) is 13.4. The molecule has 0 aliphatic carbocycles. The number of thiophene rings is 1. The van der Waals surface area contributed by atoms with Gasteiger partial charge in [0.05, 0.1) is 10.6 Å². The molecule has 2 fully saturated rings. The summed E-state index contributed by atoms with van der Waals surface area (Å²) in [6.07, 6.45) is 2.67. The summed E-state index contributed by atoms with van der Waals surface area (Å²) in [5.74, 6) is 0. The number of nitrogens with zero attached hydrogens (tertiary/aromatic N) is 4. The van der Waals surface area contributed by atoms with Crippen molar-refractivity contribution in [1.29, 1.82) is 0 Å². The van der Waals surface area contributed by atoms with Crippen LogP contribution in [0, 0.1) is 10.1 Å². The summed E-state index contributed by atoms with van der Waals surface area (Å²) in [6, 6.07) is 8.44. The van der Waals surface area contributed by atoms with E-state index in [-0.39, 0.29) is 10.6 Å². The zero-order chi connectivity index (χ0) is 21.1. The highest BCUT2D eigenvalue weighted by Gasteiger charge is 2.33. The minimum Gasteiger partial charge on any atom is -0.368 e. The number of hydrogen-bond donors (Lipinski definition) is 0. The first-order chi connectivity index (χ1) is 14.4. The molecule has 2 aliphatic rings. The van der Waals surface area contributed by atoms with Gasteiger partial charge in [-0.1, -0.05) is 6.07 Å². The van der Waals surface area contributed by atoms with Crippen LogP contribution in [-0.4, -0.2) is 68.4 Å². The Kier molecular flexibility index (Phi) is 6.37. The van der Waals surface area contributed by atoms with E-state index in [2.05, 4.69) is 22.4 Å². The van der Waals surface area contributed by atoms with Gasteiger partial charge in [-0.05, 0) is 36.8 Å². The molecule has 0 saturated carbocycles. The molecule has 0 atom stereocenters. The molecule has 3 heterocycles. The third-order valence-electron chi connectivity index (χ3n) is 5.80. The fourth-order valence-corrected chi connectivity index (χ4v) is 6.53. The molecular weight excluding hydrogens is 424 g/mol. The zero-order valence-electron chi connectivity index (χ0n) is 16.8. The Morgan fingerprint density at radius 2 is 1.77 bits per heavy atom. The van der Waals surface area contributed by atoms with E-state index in [0.717, 1.165) is 38.9 Å². The Bertz CT molecular complexity index is 980. The van der Waals surface area contributed by atoms with Crippen LogP contribution in [0.1, 0.15) is 17.7 Å². The molecule has 0 amide bonds. The van der Waals surface area contributed by atoms with Gasteiger partial charge in [-0.2, -0.15) is 4.31 Å². The summed E-state index contributed by atoms with van der Waals surface area (Å²) in [5.41, 5.74) is 0.386. The lowest BCUT2D eigenvalue weighted by Crippen LogP contribution is -2.47. The van der Waals surface area contributed by atoms with E-state index in [4.69, 9.17) is 0 Å². The molecule has 4 rings (SSSR count). The second-order valence-electron chi connectivity index (χ2n) is 7.68. The van der Waals surface area contributed by atoms with Crippen LogP contribution in [0.25, 0.3) is 0 Å². The number of nitro groups is 1. The Morgan fingerprint density at radius 1 is 1.03 bits per heavy atom. The number of sulfonamides is 1. The van der Waals surface area contributed by atoms with E-state index < -0.39 is 14.9 Å². The van der Waals surface area contributed by atoms with Gasteiger partial charge in [-0.15, -0.1) is 11.3 Å². The third-order valence-corrected chi connectivity index (χ3v) is 8.67. The standard InChI is InChI=1S/C20H26N4O4S2/c25-24(26)17-5-6-19(20(16-17)30(27,28)23-8-1-2-9-23)22-13-11-21(12-14-22)10-7-18-4-3-15-29-18/h3-6,15-16H,1-2,7-14H2. The van der Waals surface area contributed by atoms with Crippen LogP contribution in [0.2, 0.25) is 0 Å². The first-order valence-electron chi connectivity index (χ1n) is 10.2. The highest BCUT2D eigenvalue weighted by atomic mass is 32.2. The van der Waals surface area contributed by atoms with Gasteiger partial charge in [-0.3, -0.25) is 15.0 Å². The maximum absolute atomic E-state index is 13.2. The molecule has 8 nitrogen and oxygen atoms in total. The second-order valence-corrected chi connectivity index (χ2v) is 10.6. The minimum atomic E-state index is -3.75. The maximum atomic E-state index is 13.2. The van der Waals surface area contributed by atoms with Gasteiger partial charge in [0.25, 0.3) is 5.69 Å². The van der Waals surface area contributed by atoms with Gasteiger partial charge in [0.15, 0.2) is 0 Å². The van der Waals surface area contributed by atoms with Gasteiger partial charge in [0.2, 0.25) is 10.0 Å². The molecular formula is C20H26N4O4S2. The number of nitro benzene ring substituents is 1. The van der Waals surface area contributed by atoms with Crippen molar-refractivity contribution >= 4 is 32.7 Å². The molecule has 0 radical (unpaired) electrons. The predicted molar refractivity (Wildman–Crippen MR) is 118 cm³/mol. The monoisotopic (exact) mass is 450 g/mol. The smallest absolute Gasteiger partial charge is 0.270 e. The van der Waals surface area contributed by atoms with Gasteiger partial charge >= 0.3 is 0 Å². The van der Waals surface area contributed by atoms with Crippen LogP contribution in [0.5, 0.6) is 0 Å². The summed E-state index contributed by atoms with van der Waals surface area (Å²) in [4.78, 5) is 16.6. The molecule has 1 aromatic heterocycles. The SMILES string of the molecule is O=[N+]([O-])c1ccc(N2CCN(CCc3cccs3)CC2)c(S(=O)(=O)N2CCCC2)c1. The number of benzene rings is 1. The lowest BCUT2D eigenvalue weighted by Gasteiger charge is -2.37. The molecule has 10 heteroatoms. The lowest BCUT2D eigenvalue weighted by atomic mass is 10.2. The van der Waals surface area contributed by atoms with E-state index in [1.165, 1.54) is 21.3 Å². The minimum absolute atomic E-state index is 0.0608. The fourth-order valence-electron chi connectivity index (χ4n) is 4.09. The maximum Gasteiger partial charge on any atom is 0.270 e. The van der Waals surface area contributed by atoms with Gasteiger partial charge < -0.3 is 4.90 Å². The molecule has 0 bridgehead atoms. The van der Waals surface area contributed by atoms with Crippen molar-refractivity contribution in [3.05, 3.63) is 50.7 Å². The number of anilines is 1. The molecule has 162 valence electrons.